The minimum atomic E-state index is 0.411. The van der Waals surface area contributed by atoms with Crippen molar-refractivity contribution in [2.24, 2.45) is 17.8 Å². The smallest absolute Gasteiger partial charge is 0.129 e. The first-order valence-electron chi connectivity index (χ1n) is 8.16. The van der Waals surface area contributed by atoms with Crippen LogP contribution in [0.25, 0.3) is 0 Å². The summed E-state index contributed by atoms with van der Waals surface area (Å²) in [6.45, 7) is 3.86. The van der Waals surface area contributed by atoms with Crippen molar-refractivity contribution in [3.05, 3.63) is 23.7 Å². The number of ether oxygens (including phenoxy) is 1. The van der Waals surface area contributed by atoms with Crippen LogP contribution >= 0.6 is 0 Å². The Balaban J connectivity index is 1.71. The van der Waals surface area contributed by atoms with Gasteiger partial charge in [-0.05, 0) is 55.7 Å². The summed E-state index contributed by atoms with van der Waals surface area (Å²) in [5, 5.41) is 3.72. The predicted molar refractivity (Wildman–Crippen MR) is 79.4 cm³/mol. The molecule has 3 atom stereocenters. The number of fused-ring (bicyclic) bond motifs is 1. The molecule has 3 nitrogen and oxygen atoms in total. The van der Waals surface area contributed by atoms with E-state index < -0.39 is 0 Å². The van der Waals surface area contributed by atoms with E-state index in [4.69, 9.17) is 9.15 Å². The highest BCUT2D eigenvalue weighted by Crippen LogP contribution is 2.60. The summed E-state index contributed by atoms with van der Waals surface area (Å²) in [4.78, 5) is 0. The van der Waals surface area contributed by atoms with Crippen molar-refractivity contribution in [3.63, 3.8) is 0 Å². The second-order valence-electron chi connectivity index (χ2n) is 6.36. The number of hydrogen-bond acceptors (Lipinski definition) is 3. The molecular weight excluding hydrogens is 250 g/mol. The van der Waals surface area contributed by atoms with Gasteiger partial charge in [0.1, 0.15) is 18.1 Å². The number of rotatable bonds is 7. The van der Waals surface area contributed by atoms with Gasteiger partial charge in [-0.3, -0.25) is 0 Å². The maximum absolute atomic E-state index is 6.00. The quantitative estimate of drug-likeness (QED) is 0.820. The maximum Gasteiger partial charge on any atom is 0.129 e. The third kappa shape index (κ3) is 2.79. The molecule has 2 aliphatic carbocycles. The fourth-order valence-corrected chi connectivity index (χ4v) is 4.05. The number of nitrogens with one attached hydrogen (secondary N) is 1. The van der Waals surface area contributed by atoms with Gasteiger partial charge in [0, 0.05) is 7.11 Å². The summed E-state index contributed by atoms with van der Waals surface area (Å²) in [6.07, 6.45) is 6.86. The van der Waals surface area contributed by atoms with E-state index >= 15 is 0 Å². The predicted octanol–water partition coefficient (Wildman–Crippen LogP) is 3.90. The summed E-state index contributed by atoms with van der Waals surface area (Å²) in [6, 6.07) is 4.62. The van der Waals surface area contributed by atoms with Crippen molar-refractivity contribution in [2.45, 2.75) is 51.7 Å². The molecule has 2 fully saturated rings. The van der Waals surface area contributed by atoms with E-state index in [1.807, 2.05) is 0 Å². The Morgan fingerprint density at radius 1 is 1.30 bits per heavy atom. The fourth-order valence-electron chi connectivity index (χ4n) is 4.05. The first kappa shape index (κ1) is 14.2. The van der Waals surface area contributed by atoms with Crippen LogP contribution in [0, 0.1) is 17.8 Å². The third-order valence-electron chi connectivity index (χ3n) is 5.00. The zero-order chi connectivity index (χ0) is 13.9. The van der Waals surface area contributed by atoms with Crippen LogP contribution in [0.2, 0.25) is 0 Å². The van der Waals surface area contributed by atoms with Crippen LogP contribution in [0.15, 0.2) is 16.5 Å². The van der Waals surface area contributed by atoms with Crippen molar-refractivity contribution < 1.29 is 9.15 Å². The molecule has 2 aliphatic rings. The first-order valence-corrected chi connectivity index (χ1v) is 8.16. The lowest BCUT2D eigenvalue weighted by molar-refractivity contribution is 0.160. The van der Waals surface area contributed by atoms with Gasteiger partial charge in [-0.2, -0.15) is 0 Å². The monoisotopic (exact) mass is 277 g/mol. The average Bonchev–Trinajstić information content (AvgIpc) is 3.00. The van der Waals surface area contributed by atoms with Crippen LogP contribution in [0.5, 0.6) is 0 Å². The van der Waals surface area contributed by atoms with Crippen LogP contribution in [-0.2, 0) is 11.3 Å². The van der Waals surface area contributed by atoms with Gasteiger partial charge < -0.3 is 14.5 Å². The van der Waals surface area contributed by atoms with E-state index in [2.05, 4.69) is 24.4 Å². The second-order valence-corrected chi connectivity index (χ2v) is 6.36. The summed E-state index contributed by atoms with van der Waals surface area (Å²) >= 11 is 0. The van der Waals surface area contributed by atoms with Gasteiger partial charge in [0.15, 0.2) is 0 Å². The highest BCUT2D eigenvalue weighted by atomic mass is 16.5. The van der Waals surface area contributed by atoms with E-state index in [-0.39, 0.29) is 0 Å². The van der Waals surface area contributed by atoms with Crippen LogP contribution in [0.4, 0.5) is 0 Å². The molecule has 0 saturated heterocycles. The highest BCUT2D eigenvalue weighted by molar-refractivity contribution is 5.17. The number of furan rings is 1. The Labute approximate surface area is 122 Å². The molecule has 1 aromatic heterocycles. The Bertz CT molecular complexity index is 416. The van der Waals surface area contributed by atoms with Crippen LogP contribution < -0.4 is 5.32 Å². The normalized spacial score (nSPS) is 30.0. The Morgan fingerprint density at radius 3 is 2.70 bits per heavy atom. The van der Waals surface area contributed by atoms with Crippen LogP contribution in [-0.4, -0.2) is 13.7 Å². The molecule has 1 N–H and O–H groups in total. The third-order valence-corrected chi connectivity index (χ3v) is 5.00. The van der Waals surface area contributed by atoms with Crippen LogP contribution in [0.1, 0.15) is 56.6 Å². The zero-order valence-corrected chi connectivity index (χ0v) is 12.7. The van der Waals surface area contributed by atoms with E-state index in [9.17, 15) is 0 Å². The minimum Gasteiger partial charge on any atom is -0.462 e. The van der Waals surface area contributed by atoms with Gasteiger partial charge in [0.2, 0.25) is 0 Å². The van der Waals surface area contributed by atoms with E-state index in [0.717, 1.165) is 35.8 Å². The second kappa shape index (κ2) is 6.31. The zero-order valence-electron chi connectivity index (χ0n) is 12.7. The maximum atomic E-state index is 6.00. The molecule has 112 valence electrons. The molecule has 0 aromatic carbocycles. The Hall–Kier alpha value is -0.800. The van der Waals surface area contributed by atoms with Gasteiger partial charge >= 0.3 is 0 Å². The summed E-state index contributed by atoms with van der Waals surface area (Å²) < 4.78 is 11.2. The lowest BCUT2D eigenvalue weighted by Gasteiger charge is -2.16. The molecule has 2 saturated carbocycles. The van der Waals surface area contributed by atoms with Gasteiger partial charge in [-0.15, -0.1) is 0 Å². The van der Waals surface area contributed by atoms with Gasteiger partial charge in [0.05, 0.1) is 6.04 Å². The SMILES string of the molecule is CCCNC(c1ccc(COC)o1)C1C2CCCCC21. The van der Waals surface area contributed by atoms with Gasteiger partial charge in [-0.1, -0.05) is 19.8 Å². The highest BCUT2D eigenvalue weighted by Gasteiger charge is 2.54. The van der Waals surface area contributed by atoms with E-state index in [1.165, 1.54) is 32.1 Å². The summed E-state index contributed by atoms with van der Waals surface area (Å²) in [5.74, 6) is 4.73. The Morgan fingerprint density at radius 2 is 2.05 bits per heavy atom. The van der Waals surface area contributed by atoms with Gasteiger partial charge in [0.25, 0.3) is 0 Å². The van der Waals surface area contributed by atoms with E-state index in [0.29, 0.717) is 12.6 Å². The Kier molecular flexibility index (Phi) is 4.47. The summed E-state index contributed by atoms with van der Waals surface area (Å²) in [7, 11) is 1.71. The molecule has 0 radical (unpaired) electrons. The number of methoxy groups -OCH3 is 1. The van der Waals surface area contributed by atoms with Crippen molar-refractivity contribution in [1.82, 2.24) is 5.32 Å². The van der Waals surface area contributed by atoms with Crippen molar-refractivity contribution in [2.75, 3.05) is 13.7 Å². The summed E-state index contributed by atoms with van der Waals surface area (Å²) in [5.41, 5.74) is 0. The first-order chi connectivity index (χ1) is 9.85. The minimum absolute atomic E-state index is 0.411. The fraction of sp³-hybridized carbons (Fsp3) is 0.765. The van der Waals surface area contributed by atoms with E-state index in [1.54, 1.807) is 7.11 Å². The lowest BCUT2D eigenvalue weighted by atomic mass is 10.0. The molecule has 0 amide bonds. The molecule has 1 aromatic rings. The number of hydrogen-bond donors (Lipinski definition) is 1. The molecule has 0 spiro atoms. The molecule has 3 heteroatoms. The van der Waals surface area contributed by atoms with Crippen molar-refractivity contribution in [3.8, 4) is 0 Å². The molecule has 0 bridgehead atoms. The molecule has 1 heterocycles. The van der Waals surface area contributed by atoms with Gasteiger partial charge in [-0.25, -0.2) is 0 Å². The van der Waals surface area contributed by atoms with Crippen LogP contribution in [0.3, 0.4) is 0 Å². The molecule has 3 unspecified atom stereocenters. The van der Waals surface area contributed by atoms with Crippen molar-refractivity contribution in [1.29, 1.82) is 0 Å². The van der Waals surface area contributed by atoms with Crippen molar-refractivity contribution >= 4 is 0 Å². The topological polar surface area (TPSA) is 34.4 Å². The average molecular weight is 277 g/mol. The molecule has 3 rings (SSSR count). The lowest BCUT2D eigenvalue weighted by Crippen LogP contribution is -2.24. The standard InChI is InChI=1S/C17H27NO2/c1-3-10-18-17(15-9-8-12(20-15)11-19-2)16-13-6-4-5-7-14(13)16/h8-9,13-14,16-18H,3-7,10-11H2,1-2H3. The molecular formula is C17H27NO2. The molecule has 0 aliphatic heterocycles. The largest absolute Gasteiger partial charge is 0.462 e. The molecule has 20 heavy (non-hydrogen) atoms.